The lowest BCUT2D eigenvalue weighted by molar-refractivity contribution is -0.697. The highest BCUT2D eigenvalue weighted by Crippen LogP contribution is 2.22. The van der Waals surface area contributed by atoms with E-state index in [4.69, 9.17) is 0 Å². The van der Waals surface area contributed by atoms with Crippen LogP contribution in [0.25, 0.3) is 0 Å². The fourth-order valence-corrected chi connectivity index (χ4v) is 6.29. The number of aromatic hydroxyl groups is 1. The quantitative estimate of drug-likeness (QED) is 0.174. The number of anilines is 1. The van der Waals surface area contributed by atoms with Gasteiger partial charge in [0, 0.05) is 31.2 Å². The molecule has 3 N–H and O–H groups in total. The topological polar surface area (TPSA) is 148 Å². The van der Waals surface area contributed by atoms with Crippen molar-refractivity contribution in [3.05, 3.63) is 54.4 Å². The van der Waals surface area contributed by atoms with Gasteiger partial charge in [0.1, 0.15) is 22.8 Å². The van der Waals surface area contributed by atoms with Crippen LogP contribution < -0.4 is 9.58 Å². The van der Waals surface area contributed by atoms with Crippen molar-refractivity contribution in [2.75, 3.05) is 12.1 Å². The molecule has 2 unspecified atom stereocenters. The number of hydrogen-bond donors (Lipinski definition) is 3. The molecule has 0 spiro atoms. The first-order valence-corrected chi connectivity index (χ1v) is 13.4. The summed E-state index contributed by atoms with van der Waals surface area (Å²) in [5.74, 6) is 0.172. The maximum Gasteiger partial charge on any atom is 0.269 e. The van der Waals surface area contributed by atoms with Crippen molar-refractivity contribution >= 4 is 32.1 Å². The number of pyridine rings is 1. The van der Waals surface area contributed by atoms with Crippen molar-refractivity contribution in [1.82, 2.24) is 0 Å². The summed E-state index contributed by atoms with van der Waals surface area (Å²) in [5, 5.41) is 12.2. The monoisotopic (exact) mass is 500 g/mol. The van der Waals surface area contributed by atoms with Crippen molar-refractivity contribution in [3.63, 3.8) is 0 Å². The number of nitrogens with zero attached hydrogens (tertiary/aromatic N) is 3. The lowest BCUT2D eigenvalue weighted by Gasteiger charge is -2.21. The molecule has 1 aromatic heterocycles. The van der Waals surface area contributed by atoms with Gasteiger partial charge in [-0.25, -0.2) is 4.57 Å². The number of rotatable bonds is 12. The molecule has 0 bridgehead atoms. The summed E-state index contributed by atoms with van der Waals surface area (Å²) < 4.78 is 67.6. The molecule has 0 saturated carbocycles. The van der Waals surface area contributed by atoms with E-state index < -0.39 is 30.7 Å². The number of benzene rings is 1. The molecule has 10 nitrogen and oxygen atoms in total. The Morgan fingerprint density at radius 3 is 2.03 bits per heavy atom. The largest absolute Gasteiger partial charge is 0.508 e. The van der Waals surface area contributed by atoms with Crippen molar-refractivity contribution in [2.24, 2.45) is 5.10 Å². The number of phenols is 1. The molecule has 1 aromatic carbocycles. The van der Waals surface area contributed by atoms with E-state index in [1.54, 1.807) is 66.4 Å². The van der Waals surface area contributed by atoms with E-state index in [9.17, 15) is 31.0 Å². The Morgan fingerprint density at radius 2 is 1.52 bits per heavy atom. The van der Waals surface area contributed by atoms with Gasteiger partial charge in [-0.15, -0.1) is 0 Å². The van der Waals surface area contributed by atoms with Crippen LogP contribution in [0.1, 0.15) is 38.2 Å². The van der Waals surface area contributed by atoms with Gasteiger partial charge in [0.05, 0.1) is 11.9 Å². The van der Waals surface area contributed by atoms with Crippen molar-refractivity contribution < 1.29 is 35.6 Å². The molecule has 0 saturated heterocycles. The van der Waals surface area contributed by atoms with Gasteiger partial charge in [-0.05, 0) is 37.1 Å². The third kappa shape index (κ3) is 8.39. The highest BCUT2D eigenvalue weighted by Gasteiger charge is 2.39. The van der Waals surface area contributed by atoms with Crippen LogP contribution in [0, 0.1) is 0 Å². The van der Waals surface area contributed by atoms with Crippen LogP contribution in [0.5, 0.6) is 5.75 Å². The van der Waals surface area contributed by atoms with Gasteiger partial charge in [0.2, 0.25) is 0 Å². The Labute approximate surface area is 194 Å². The summed E-state index contributed by atoms with van der Waals surface area (Å²) >= 11 is 0. The maximum atomic E-state index is 11.8. The van der Waals surface area contributed by atoms with E-state index in [1.165, 1.54) is 0 Å². The molecule has 0 fully saturated rings. The minimum atomic E-state index is -4.66. The summed E-state index contributed by atoms with van der Waals surface area (Å²) in [4.78, 5) is 0. The Balaban J connectivity index is 1.99. The molecule has 2 rings (SSSR count). The zero-order valence-electron chi connectivity index (χ0n) is 18.5. The van der Waals surface area contributed by atoms with E-state index in [1.807, 2.05) is 12.1 Å². The number of hydrogen-bond acceptors (Lipinski definition) is 7. The SMILES string of the molecule is CCCC(C(CCC[n+]1ccc(C=NN(C)c2ccc(O)cc2)cc1)S(=O)(=O)O)S(=O)(=O)O. The molecule has 0 aliphatic rings. The van der Waals surface area contributed by atoms with Crippen LogP contribution >= 0.6 is 0 Å². The molecular weight excluding hydrogens is 470 g/mol. The molecule has 0 radical (unpaired) electrons. The Hall–Kier alpha value is -2.54. The number of hydrazone groups is 1. The standard InChI is InChI=1S/C21H29N3O7S2/c1-3-5-20(32(26,27)28)21(33(29,30)31)6-4-13-24-14-11-17(12-15-24)16-22-23(2)18-7-9-19(25)10-8-18/h7-12,14-16,20-21H,3-6,13H2,1-2H3,(H2-,22,25,26,27,28,29,30,31)/p+1. The third-order valence-electron chi connectivity index (χ3n) is 5.18. The first-order valence-electron chi connectivity index (χ1n) is 10.4. The van der Waals surface area contributed by atoms with Crippen LogP contribution in [0.3, 0.4) is 0 Å². The second kappa shape index (κ2) is 11.5. The number of aryl methyl sites for hydroxylation is 1. The minimum absolute atomic E-state index is 0.0664. The summed E-state index contributed by atoms with van der Waals surface area (Å²) in [6.45, 7) is 2.06. The van der Waals surface area contributed by atoms with Gasteiger partial charge < -0.3 is 5.11 Å². The van der Waals surface area contributed by atoms with E-state index in [2.05, 4.69) is 5.10 Å². The molecule has 33 heavy (non-hydrogen) atoms. The van der Waals surface area contributed by atoms with Gasteiger partial charge >= 0.3 is 0 Å². The second-order valence-electron chi connectivity index (χ2n) is 7.69. The first kappa shape index (κ1) is 26.7. The maximum absolute atomic E-state index is 11.8. The van der Waals surface area contributed by atoms with Crippen LogP contribution in [0.4, 0.5) is 5.69 Å². The van der Waals surface area contributed by atoms with Crippen LogP contribution in [-0.4, -0.2) is 54.8 Å². The number of aromatic nitrogens is 1. The van der Waals surface area contributed by atoms with Gasteiger partial charge in [0.15, 0.2) is 12.4 Å². The van der Waals surface area contributed by atoms with Gasteiger partial charge in [-0.3, -0.25) is 14.1 Å². The van der Waals surface area contributed by atoms with Crippen LogP contribution in [0.2, 0.25) is 0 Å². The smallest absolute Gasteiger partial charge is 0.269 e. The second-order valence-corrected chi connectivity index (χ2v) is 11.0. The minimum Gasteiger partial charge on any atom is -0.508 e. The lowest BCUT2D eigenvalue weighted by Crippen LogP contribution is -2.40. The summed E-state index contributed by atoms with van der Waals surface area (Å²) in [6, 6.07) is 10.2. The van der Waals surface area contributed by atoms with Gasteiger partial charge in [-0.1, -0.05) is 13.3 Å². The molecular formula is C21H30N3O7S2+. The molecule has 0 aliphatic heterocycles. The highest BCUT2D eigenvalue weighted by molar-refractivity contribution is 7.90. The molecule has 2 atom stereocenters. The van der Waals surface area contributed by atoms with E-state index in [0.29, 0.717) is 13.0 Å². The third-order valence-corrected chi connectivity index (χ3v) is 8.01. The Morgan fingerprint density at radius 1 is 0.970 bits per heavy atom. The highest BCUT2D eigenvalue weighted by atomic mass is 32.2. The summed E-state index contributed by atoms with van der Waals surface area (Å²) in [7, 11) is -7.50. The average Bonchev–Trinajstić information content (AvgIpc) is 2.73. The normalized spacial score (nSPS) is 14.3. The van der Waals surface area contributed by atoms with Gasteiger partial charge in [0.25, 0.3) is 20.2 Å². The Kier molecular flexibility index (Phi) is 9.35. The fourth-order valence-electron chi connectivity index (χ4n) is 3.41. The average molecular weight is 501 g/mol. The van der Waals surface area contributed by atoms with Gasteiger partial charge in [-0.2, -0.15) is 21.9 Å². The van der Waals surface area contributed by atoms with Crippen LogP contribution in [0.15, 0.2) is 53.9 Å². The molecule has 182 valence electrons. The number of phenolic OH excluding ortho intramolecular Hbond substituents is 1. The van der Waals surface area contributed by atoms with E-state index in [0.717, 1.165) is 11.3 Å². The predicted molar refractivity (Wildman–Crippen MR) is 126 cm³/mol. The fraction of sp³-hybridized carbons (Fsp3) is 0.429. The van der Waals surface area contributed by atoms with Crippen molar-refractivity contribution in [1.29, 1.82) is 0 Å². The molecule has 0 aliphatic carbocycles. The lowest BCUT2D eigenvalue weighted by atomic mass is 10.1. The van der Waals surface area contributed by atoms with Crippen LogP contribution in [-0.2, 0) is 26.8 Å². The van der Waals surface area contributed by atoms with E-state index >= 15 is 0 Å². The Bertz CT molecular complexity index is 1130. The zero-order valence-corrected chi connectivity index (χ0v) is 20.2. The molecule has 2 aromatic rings. The molecule has 1 heterocycles. The molecule has 12 heteroatoms. The predicted octanol–water partition coefficient (Wildman–Crippen LogP) is 2.24. The first-order chi connectivity index (χ1) is 15.4. The zero-order chi connectivity index (χ0) is 24.6. The summed E-state index contributed by atoms with van der Waals surface area (Å²) in [6.07, 6.45) is 5.65. The van der Waals surface area contributed by atoms with Crippen molar-refractivity contribution in [3.8, 4) is 5.75 Å². The molecule has 0 amide bonds. The van der Waals surface area contributed by atoms with E-state index in [-0.39, 0.29) is 25.0 Å². The van der Waals surface area contributed by atoms with Crippen molar-refractivity contribution in [2.45, 2.75) is 49.7 Å². The summed E-state index contributed by atoms with van der Waals surface area (Å²) in [5.41, 5.74) is 1.62.